The second kappa shape index (κ2) is 6.65. The first-order chi connectivity index (χ1) is 10.0. The first kappa shape index (κ1) is 15.4. The van der Waals surface area contributed by atoms with E-state index in [1.165, 1.54) is 6.21 Å². The zero-order valence-electron chi connectivity index (χ0n) is 12.0. The van der Waals surface area contributed by atoms with E-state index in [-0.39, 0.29) is 4.90 Å². The van der Waals surface area contributed by atoms with Gasteiger partial charge in [0.2, 0.25) is 0 Å². The van der Waals surface area contributed by atoms with Gasteiger partial charge < -0.3 is 4.74 Å². The maximum absolute atomic E-state index is 12.1. The normalized spacial score (nSPS) is 11.9. The van der Waals surface area contributed by atoms with Crippen molar-refractivity contribution in [1.29, 1.82) is 0 Å². The minimum absolute atomic E-state index is 0.195. The molecule has 2 aromatic carbocycles. The largest absolute Gasteiger partial charge is 0.380 e. The van der Waals surface area contributed by atoms with Gasteiger partial charge in [-0.25, -0.2) is 0 Å². The summed E-state index contributed by atoms with van der Waals surface area (Å²) in [7, 11) is -2.02. The van der Waals surface area contributed by atoms with Crippen molar-refractivity contribution in [2.45, 2.75) is 18.4 Å². The Morgan fingerprint density at radius 2 is 1.67 bits per heavy atom. The van der Waals surface area contributed by atoms with Gasteiger partial charge >= 0.3 is 0 Å². The van der Waals surface area contributed by atoms with Crippen LogP contribution >= 0.6 is 0 Å². The van der Waals surface area contributed by atoms with Gasteiger partial charge in [-0.1, -0.05) is 42.0 Å². The summed E-state index contributed by atoms with van der Waals surface area (Å²) in [5.41, 5.74) is 2.76. The molecule has 0 atom stereocenters. The van der Waals surface area contributed by atoms with Crippen LogP contribution in [0.4, 0.5) is 0 Å². The minimum atomic E-state index is -3.65. The van der Waals surface area contributed by atoms with Crippen molar-refractivity contribution >= 4 is 16.2 Å². The molecule has 0 fully saturated rings. The Morgan fingerprint density at radius 3 is 2.24 bits per heavy atom. The van der Waals surface area contributed by atoms with Gasteiger partial charge in [0.05, 0.1) is 11.5 Å². The monoisotopic (exact) mass is 303 g/mol. The molecule has 2 aromatic rings. The predicted octanol–water partition coefficient (Wildman–Crippen LogP) is 2.95. The number of benzene rings is 2. The number of hydrogen-bond acceptors (Lipinski definition) is 3. The second-order valence-corrected chi connectivity index (χ2v) is 6.33. The molecule has 4 nitrogen and oxygen atoms in total. The van der Waals surface area contributed by atoms with Crippen LogP contribution in [0.2, 0.25) is 0 Å². The number of sulfonamides is 1. The molecular formula is C16H17NO3S. The average Bonchev–Trinajstić information content (AvgIpc) is 2.47. The van der Waals surface area contributed by atoms with Crippen LogP contribution in [0, 0.1) is 6.92 Å². The third-order valence-corrected chi connectivity index (χ3v) is 4.20. The summed E-state index contributed by atoms with van der Waals surface area (Å²) in [6.07, 6.45) is 1.35. The SMILES string of the molecule is COCc1ccc(/C=N\S(=O)(=O)c2ccc(C)cc2)cc1. The van der Waals surface area contributed by atoms with Crippen LogP contribution in [-0.4, -0.2) is 21.7 Å². The highest BCUT2D eigenvalue weighted by atomic mass is 32.2. The van der Waals surface area contributed by atoms with Crippen molar-refractivity contribution in [1.82, 2.24) is 0 Å². The van der Waals surface area contributed by atoms with Crippen LogP contribution in [0.15, 0.2) is 57.8 Å². The molecule has 0 saturated heterocycles. The molecule has 0 saturated carbocycles. The number of aryl methyl sites for hydroxylation is 1. The maximum atomic E-state index is 12.1. The van der Waals surface area contributed by atoms with E-state index in [4.69, 9.17) is 4.74 Å². The molecule has 0 amide bonds. The zero-order valence-corrected chi connectivity index (χ0v) is 12.8. The number of hydrogen-bond donors (Lipinski definition) is 0. The van der Waals surface area contributed by atoms with E-state index < -0.39 is 10.0 Å². The van der Waals surface area contributed by atoms with Crippen LogP contribution in [0.1, 0.15) is 16.7 Å². The fraction of sp³-hybridized carbons (Fsp3) is 0.188. The lowest BCUT2D eigenvalue weighted by molar-refractivity contribution is 0.185. The molecule has 0 radical (unpaired) electrons. The molecule has 110 valence electrons. The molecule has 0 aliphatic heterocycles. The average molecular weight is 303 g/mol. The van der Waals surface area contributed by atoms with E-state index in [1.54, 1.807) is 31.4 Å². The predicted molar refractivity (Wildman–Crippen MR) is 83.1 cm³/mol. The van der Waals surface area contributed by atoms with Gasteiger partial charge in [-0.3, -0.25) is 0 Å². The number of ether oxygens (including phenoxy) is 1. The van der Waals surface area contributed by atoms with Crippen LogP contribution in [-0.2, 0) is 21.4 Å². The third kappa shape index (κ3) is 4.24. The molecule has 0 aliphatic rings. The Morgan fingerprint density at radius 1 is 1.05 bits per heavy atom. The number of rotatable bonds is 5. The van der Waals surface area contributed by atoms with E-state index in [1.807, 2.05) is 31.2 Å². The Hall–Kier alpha value is -1.98. The highest BCUT2D eigenvalue weighted by molar-refractivity contribution is 7.90. The van der Waals surface area contributed by atoms with Gasteiger partial charge in [-0.05, 0) is 30.2 Å². The van der Waals surface area contributed by atoms with Crippen molar-refractivity contribution in [2.75, 3.05) is 7.11 Å². The van der Waals surface area contributed by atoms with E-state index in [9.17, 15) is 8.42 Å². The van der Waals surface area contributed by atoms with Gasteiger partial charge in [0.1, 0.15) is 0 Å². The molecule has 0 unspecified atom stereocenters. The highest BCUT2D eigenvalue weighted by Gasteiger charge is 2.10. The fourth-order valence-corrected chi connectivity index (χ4v) is 2.63. The summed E-state index contributed by atoms with van der Waals surface area (Å²) >= 11 is 0. The summed E-state index contributed by atoms with van der Waals surface area (Å²) in [6, 6.07) is 14.0. The van der Waals surface area contributed by atoms with Crippen LogP contribution in [0.3, 0.4) is 0 Å². The van der Waals surface area contributed by atoms with Crippen molar-refractivity contribution in [2.24, 2.45) is 4.40 Å². The number of nitrogens with zero attached hydrogens (tertiary/aromatic N) is 1. The van der Waals surface area contributed by atoms with Crippen molar-refractivity contribution in [3.8, 4) is 0 Å². The fourth-order valence-electron chi connectivity index (χ4n) is 1.77. The Bertz CT molecular complexity index is 717. The van der Waals surface area contributed by atoms with Crippen molar-refractivity contribution in [3.63, 3.8) is 0 Å². The smallest absolute Gasteiger partial charge is 0.282 e. The molecule has 0 heterocycles. The zero-order chi connectivity index (χ0) is 15.3. The summed E-state index contributed by atoms with van der Waals surface area (Å²) in [5.74, 6) is 0. The second-order valence-electron chi connectivity index (χ2n) is 4.70. The molecule has 2 rings (SSSR count). The van der Waals surface area contributed by atoms with Gasteiger partial charge in [-0.2, -0.15) is 12.8 Å². The molecule has 21 heavy (non-hydrogen) atoms. The summed E-state index contributed by atoms with van der Waals surface area (Å²) < 4.78 is 32.9. The topological polar surface area (TPSA) is 55.7 Å². The standard InChI is InChI=1S/C16H17NO3S/c1-13-3-9-16(10-4-13)21(18,19)17-11-14-5-7-15(8-6-14)12-20-2/h3-11H,12H2,1-2H3/b17-11-. The molecular weight excluding hydrogens is 286 g/mol. The van der Waals surface area contributed by atoms with E-state index >= 15 is 0 Å². The quantitative estimate of drug-likeness (QED) is 0.798. The molecule has 0 aliphatic carbocycles. The third-order valence-electron chi connectivity index (χ3n) is 2.95. The maximum Gasteiger partial charge on any atom is 0.282 e. The molecule has 0 spiro atoms. The molecule has 0 N–H and O–H groups in total. The van der Waals surface area contributed by atoms with E-state index in [0.29, 0.717) is 6.61 Å². The Kier molecular flexibility index (Phi) is 4.88. The van der Waals surface area contributed by atoms with Gasteiger partial charge in [-0.15, -0.1) is 0 Å². The van der Waals surface area contributed by atoms with Gasteiger partial charge in [0, 0.05) is 13.3 Å². The molecule has 0 aromatic heterocycles. The van der Waals surface area contributed by atoms with E-state index in [2.05, 4.69) is 4.40 Å². The van der Waals surface area contributed by atoms with Crippen molar-refractivity contribution < 1.29 is 13.2 Å². The van der Waals surface area contributed by atoms with Gasteiger partial charge in [0.15, 0.2) is 0 Å². The number of methoxy groups -OCH3 is 1. The van der Waals surface area contributed by atoms with Crippen LogP contribution in [0.5, 0.6) is 0 Å². The Labute approximate surface area is 125 Å². The summed E-state index contributed by atoms with van der Waals surface area (Å²) in [4.78, 5) is 0.195. The molecule has 5 heteroatoms. The lowest BCUT2D eigenvalue weighted by atomic mass is 10.1. The minimum Gasteiger partial charge on any atom is -0.380 e. The van der Waals surface area contributed by atoms with Crippen LogP contribution < -0.4 is 0 Å². The highest BCUT2D eigenvalue weighted by Crippen LogP contribution is 2.13. The lowest BCUT2D eigenvalue weighted by Crippen LogP contribution is -1.98. The van der Waals surface area contributed by atoms with Crippen molar-refractivity contribution in [3.05, 3.63) is 65.2 Å². The first-order valence-corrected chi connectivity index (χ1v) is 7.90. The summed E-state index contributed by atoms with van der Waals surface area (Å²) in [5, 5.41) is 0. The first-order valence-electron chi connectivity index (χ1n) is 6.46. The van der Waals surface area contributed by atoms with Gasteiger partial charge in [0.25, 0.3) is 10.0 Å². The summed E-state index contributed by atoms with van der Waals surface area (Å²) in [6.45, 7) is 2.43. The molecule has 0 bridgehead atoms. The Balaban J connectivity index is 2.17. The lowest BCUT2D eigenvalue weighted by Gasteiger charge is -2.01. The van der Waals surface area contributed by atoms with Crippen LogP contribution in [0.25, 0.3) is 0 Å². The van der Waals surface area contributed by atoms with E-state index in [0.717, 1.165) is 16.7 Å².